The third kappa shape index (κ3) is 3.94. The van der Waals surface area contributed by atoms with Crippen molar-refractivity contribution < 1.29 is 14.3 Å². The molecule has 0 bridgehead atoms. The molecule has 5 heteroatoms. The Bertz CT molecular complexity index is 1020. The molecule has 0 aromatic heterocycles. The molecule has 5 rings (SSSR count). The largest absolute Gasteiger partial charge is 0.462 e. The van der Waals surface area contributed by atoms with Crippen LogP contribution in [0, 0.1) is 56.7 Å². The van der Waals surface area contributed by atoms with E-state index in [0.29, 0.717) is 42.7 Å². The summed E-state index contributed by atoms with van der Waals surface area (Å²) in [5.41, 5.74) is 7.49. The number of nitrogens with one attached hydrogen (secondary N) is 1. The molecular formula is C34H56N2O3. The minimum atomic E-state index is -0.267. The second-order valence-electron chi connectivity index (χ2n) is 15.8. The highest BCUT2D eigenvalue weighted by molar-refractivity contribution is 5.84. The van der Waals surface area contributed by atoms with E-state index in [4.69, 9.17) is 10.5 Å². The number of carbonyl (C=O) groups excluding carboxylic acids is 2. The summed E-state index contributed by atoms with van der Waals surface area (Å²) in [5.74, 6) is 2.69. The van der Waals surface area contributed by atoms with Crippen molar-refractivity contribution in [1.29, 1.82) is 0 Å². The molecule has 5 fully saturated rings. The van der Waals surface area contributed by atoms with Crippen LogP contribution < -0.4 is 11.1 Å². The van der Waals surface area contributed by atoms with E-state index in [-0.39, 0.29) is 45.1 Å². The second kappa shape index (κ2) is 9.60. The van der Waals surface area contributed by atoms with Crippen molar-refractivity contribution in [3.63, 3.8) is 0 Å². The van der Waals surface area contributed by atoms with Gasteiger partial charge in [-0.3, -0.25) is 9.59 Å². The lowest BCUT2D eigenvalue weighted by atomic mass is 9.32. The van der Waals surface area contributed by atoms with Crippen LogP contribution in [0.2, 0.25) is 0 Å². The van der Waals surface area contributed by atoms with Gasteiger partial charge >= 0.3 is 5.97 Å². The molecule has 5 nitrogen and oxygen atoms in total. The standard InChI is InChI=1S/C34H56N2O3/c1-21(2)23-11-16-34(29(38)36-20-19-35)18-17-32(7)24(28(23)34)9-10-26-31(6)14-13-27(39-22(3)37)30(4,5)25(31)12-15-33(26,32)8/h23-28H,1,9-20,35H2,2-8H3,(H,36,38)/t23-,24+,25-,26+,27-,28+,31-,32+,33+,34-/m0/s1. The van der Waals surface area contributed by atoms with Crippen LogP contribution in [0.15, 0.2) is 12.2 Å². The van der Waals surface area contributed by atoms with Crippen molar-refractivity contribution >= 4 is 11.9 Å². The molecule has 0 spiro atoms. The maximum atomic E-state index is 13.9. The number of rotatable bonds is 5. The summed E-state index contributed by atoms with van der Waals surface area (Å²) < 4.78 is 5.92. The quantitative estimate of drug-likeness (QED) is 0.302. The Kier molecular flexibility index (Phi) is 7.17. The van der Waals surface area contributed by atoms with Crippen LogP contribution in [0.5, 0.6) is 0 Å². The average Bonchev–Trinajstić information content (AvgIpc) is 3.26. The van der Waals surface area contributed by atoms with E-state index in [0.717, 1.165) is 38.5 Å². The zero-order chi connectivity index (χ0) is 28.6. The van der Waals surface area contributed by atoms with Gasteiger partial charge in [-0.15, -0.1) is 0 Å². The second-order valence-corrected chi connectivity index (χ2v) is 15.8. The minimum Gasteiger partial charge on any atom is -0.462 e. The maximum absolute atomic E-state index is 13.9. The topological polar surface area (TPSA) is 81.4 Å². The number of carbonyl (C=O) groups is 2. The number of esters is 1. The van der Waals surface area contributed by atoms with Crippen molar-refractivity contribution in [3.8, 4) is 0 Å². The molecular weight excluding hydrogens is 484 g/mol. The van der Waals surface area contributed by atoms with Crippen LogP contribution in [0.3, 0.4) is 0 Å². The first kappa shape index (κ1) is 29.1. The van der Waals surface area contributed by atoms with Gasteiger partial charge < -0.3 is 15.8 Å². The van der Waals surface area contributed by atoms with E-state index in [1.165, 1.54) is 31.3 Å². The third-order valence-electron chi connectivity index (χ3n) is 14.2. The lowest BCUT2D eigenvalue weighted by Gasteiger charge is -2.72. The van der Waals surface area contributed by atoms with E-state index in [2.05, 4.69) is 53.4 Å². The molecule has 0 aromatic rings. The van der Waals surface area contributed by atoms with E-state index >= 15 is 0 Å². The Morgan fingerprint density at radius 2 is 1.59 bits per heavy atom. The van der Waals surface area contributed by atoms with Gasteiger partial charge in [0.05, 0.1) is 5.41 Å². The van der Waals surface area contributed by atoms with Crippen molar-refractivity contribution in [1.82, 2.24) is 5.32 Å². The zero-order valence-electron chi connectivity index (χ0n) is 26.0. The number of allylic oxidation sites excluding steroid dienone is 1. The van der Waals surface area contributed by atoms with E-state index in [1.54, 1.807) is 6.92 Å². The van der Waals surface area contributed by atoms with Gasteiger partial charge in [0.2, 0.25) is 5.91 Å². The molecule has 5 aliphatic carbocycles. The van der Waals surface area contributed by atoms with Crippen LogP contribution in [-0.2, 0) is 14.3 Å². The van der Waals surface area contributed by atoms with Crippen LogP contribution in [0.4, 0.5) is 0 Å². The van der Waals surface area contributed by atoms with E-state index < -0.39 is 0 Å². The fraction of sp³-hybridized carbons (Fsp3) is 0.882. The summed E-state index contributed by atoms with van der Waals surface area (Å²) in [6, 6.07) is 0. The highest BCUT2D eigenvalue weighted by Crippen LogP contribution is 2.77. The predicted molar refractivity (Wildman–Crippen MR) is 157 cm³/mol. The molecule has 0 unspecified atom stereocenters. The minimum absolute atomic E-state index is 0.0153. The van der Waals surface area contributed by atoms with Gasteiger partial charge in [0.25, 0.3) is 0 Å². The maximum Gasteiger partial charge on any atom is 0.302 e. The van der Waals surface area contributed by atoms with Crippen LogP contribution in [0.1, 0.15) is 113 Å². The number of fused-ring (bicyclic) bond motifs is 7. The molecule has 0 saturated heterocycles. The summed E-state index contributed by atoms with van der Waals surface area (Å²) in [7, 11) is 0. The predicted octanol–water partition coefficient (Wildman–Crippen LogP) is 6.65. The number of hydrogen-bond acceptors (Lipinski definition) is 4. The monoisotopic (exact) mass is 540 g/mol. The summed E-state index contributed by atoms with van der Waals surface area (Å²) in [6.45, 7) is 21.9. The van der Waals surface area contributed by atoms with Crippen molar-refractivity contribution in [2.45, 2.75) is 119 Å². The summed E-state index contributed by atoms with van der Waals surface area (Å²) in [6.07, 6.45) is 11.2. The van der Waals surface area contributed by atoms with Gasteiger partial charge in [-0.2, -0.15) is 0 Å². The Morgan fingerprint density at radius 3 is 2.23 bits per heavy atom. The van der Waals surface area contributed by atoms with Crippen LogP contribution in [0.25, 0.3) is 0 Å². The summed E-state index contributed by atoms with van der Waals surface area (Å²) >= 11 is 0. The number of hydrogen-bond donors (Lipinski definition) is 2. The zero-order valence-corrected chi connectivity index (χ0v) is 26.0. The van der Waals surface area contributed by atoms with Gasteiger partial charge in [0.1, 0.15) is 6.10 Å². The molecule has 5 saturated carbocycles. The number of ether oxygens (including phenoxy) is 1. The highest BCUT2D eigenvalue weighted by atomic mass is 16.5. The van der Waals surface area contributed by atoms with Gasteiger partial charge in [-0.1, -0.05) is 46.8 Å². The molecule has 0 radical (unpaired) electrons. The highest BCUT2D eigenvalue weighted by Gasteiger charge is 2.72. The van der Waals surface area contributed by atoms with Crippen LogP contribution in [-0.4, -0.2) is 31.1 Å². The molecule has 220 valence electrons. The van der Waals surface area contributed by atoms with Crippen molar-refractivity contribution in [3.05, 3.63) is 12.2 Å². The Hall–Kier alpha value is -1.36. The SMILES string of the molecule is C=C(C)[C@@H]1CC[C@]2(C(=O)NCCN)CC[C@]3(C)[C@H](CC[C@@H]4[C@@]5(C)CC[C@H](OC(C)=O)C(C)(C)[C@@H]5CC[C@]43C)[C@@H]12. The lowest BCUT2D eigenvalue weighted by molar-refractivity contribution is -0.248. The van der Waals surface area contributed by atoms with Crippen LogP contribution >= 0.6 is 0 Å². The van der Waals surface area contributed by atoms with Gasteiger partial charge in [-0.25, -0.2) is 0 Å². The lowest BCUT2D eigenvalue weighted by Crippen LogP contribution is -2.67. The van der Waals surface area contributed by atoms with E-state index in [9.17, 15) is 9.59 Å². The summed E-state index contributed by atoms with van der Waals surface area (Å²) in [4.78, 5) is 25.8. The molecule has 39 heavy (non-hydrogen) atoms. The smallest absolute Gasteiger partial charge is 0.302 e. The van der Waals surface area contributed by atoms with Crippen molar-refractivity contribution in [2.75, 3.05) is 13.1 Å². The first-order chi connectivity index (χ1) is 18.2. The Balaban J connectivity index is 1.50. The third-order valence-corrected chi connectivity index (χ3v) is 14.2. The first-order valence-electron chi connectivity index (χ1n) is 16.0. The summed E-state index contributed by atoms with van der Waals surface area (Å²) in [5, 5.41) is 3.24. The fourth-order valence-corrected chi connectivity index (χ4v) is 12.3. The molecule has 5 aliphatic rings. The Labute approximate surface area is 237 Å². The molecule has 0 aromatic carbocycles. The molecule has 10 atom stereocenters. The average molecular weight is 541 g/mol. The fourth-order valence-electron chi connectivity index (χ4n) is 12.3. The Morgan fingerprint density at radius 1 is 0.872 bits per heavy atom. The first-order valence-corrected chi connectivity index (χ1v) is 16.0. The molecule has 0 aliphatic heterocycles. The van der Waals surface area contributed by atoms with Gasteiger partial charge in [-0.05, 0) is 117 Å². The molecule has 0 heterocycles. The molecule has 1 amide bonds. The van der Waals surface area contributed by atoms with Crippen molar-refractivity contribution in [2.24, 2.45) is 62.4 Å². The molecule has 3 N–H and O–H groups in total. The normalized spacial score (nSPS) is 48.1. The number of nitrogens with two attached hydrogens (primary N) is 1. The van der Waals surface area contributed by atoms with E-state index in [1.807, 2.05) is 0 Å². The van der Waals surface area contributed by atoms with Gasteiger partial charge in [0, 0.05) is 25.4 Å². The number of amides is 1. The van der Waals surface area contributed by atoms with Gasteiger partial charge in [0.15, 0.2) is 0 Å².